The number of carbonyl (C=O) groups excluding carboxylic acids is 2. The van der Waals surface area contributed by atoms with Crippen LogP contribution in [0.15, 0.2) is 28.7 Å². The van der Waals surface area contributed by atoms with Gasteiger partial charge in [0, 0.05) is 12.7 Å². The number of hydrogen-bond acceptors (Lipinski definition) is 9. The highest BCUT2D eigenvalue weighted by Crippen LogP contribution is 2.28. The van der Waals surface area contributed by atoms with Crippen molar-refractivity contribution in [2.24, 2.45) is 16.6 Å². The molecule has 38 heavy (non-hydrogen) atoms. The van der Waals surface area contributed by atoms with Gasteiger partial charge in [-0.2, -0.15) is 0 Å². The molecule has 0 aliphatic carbocycles. The van der Waals surface area contributed by atoms with Crippen molar-refractivity contribution in [2.75, 3.05) is 24.8 Å². The number of aliphatic imine (C=N–C) groups is 1. The van der Waals surface area contributed by atoms with E-state index >= 15 is 0 Å². The number of pyridine rings is 1. The Balaban J connectivity index is -0.000000592. The first kappa shape index (κ1) is 39.9. The Morgan fingerprint density at radius 2 is 1.82 bits per heavy atom. The van der Waals surface area contributed by atoms with E-state index in [0.717, 1.165) is 63.7 Å². The summed E-state index contributed by atoms with van der Waals surface area (Å²) in [6.07, 6.45) is 7.03. The van der Waals surface area contributed by atoms with E-state index in [1.165, 1.54) is 26.8 Å². The molecular weight excluding hydrogens is 516 g/mol. The van der Waals surface area contributed by atoms with E-state index in [1.54, 1.807) is 23.1 Å². The molecule has 2 aromatic heterocycles. The topological polar surface area (TPSA) is 122 Å². The first-order chi connectivity index (χ1) is 18.2. The van der Waals surface area contributed by atoms with Crippen LogP contribution in [0, 0.1) is 26.7 Å². The first-order valence-corrected chi connectivity index (χ1v) is 14.6. The highest BCUT2D eigenvalue weighted by atomic mass is 32.2. The van der Waals surface area contributed by atoms with Crippen LogP contribution >= 0.6 is 23.1 Å². The number of thiazole rings is 1. The Kier molecular flexibility index (Phi) is 30.5. The zero-order valence-electron chi connectivity index (χ0n) is 24.8. The minimum Gasteiger partial charge on any atom is -0.361 e. The molecule has 0 radical (unpaired) electrons. The molecule has 0 aromatic carbocycles. The van der Waals surface area contributed by atoms with Gasteiger partial charge in [0.25, 0.3) is 0 Å². The van der Waals surface area contributed by atoms with Crippen molar-refractivity contribution in [1.29, 1.82) is 0 Å². The average molecular weight is 567 g/mol. The van der Waals surface area contributed by atoms with Gasteiger partial charge < -0.3 is 21.2 Å². The third-order valence-corrected chi connectivity index (χ3v) is 5.89. The van der Waals surface area contributed by atoms with Crippen LogP contribution in [0.2, 0.25) is 0 Å². The van der Waals surface area contributed by atoms with Crippen molar-refractivity contribution < 1.29 is 9.59 Å². The lowest BCUT2D eigenvalue weighted by Gasteiger charge is -2.04. The number of aldehydes is 1. The van der Waals surface area contributed by atoms with E-state index in [0.29, 0.717) is 6.41 Å². The zero-order chi connectivity index (χ0) is 29.8. The second-order valence-electron chi connectivity index (χ2n) is 8.01. The average Bonchev–Trinajstić information content (AvgIpc) is 3.23. The van der Waals surface area contributed by atoms with Gasteiger partial charge >= 0.3 is 0 Å². The lowest BCUT2D eigenvalue weighted by atomic mass is 10.1. The van der Waals surface area contributed by atoms with Gasteiger partial charge in [-0.05, 0) is 70.8 Å². The van der Waals surface area contributed by atoms with Crippen LogP contribution in [0.4, 0.5) is 5.82 Å². The Morgan fingerprint density at radius 3 is 2.16 bits per heavy atom. The number of amides is 1. The second kappa shape index (κ2) is 29.0. The molecule has 2 aromatic rings. The fourth-order valence-electron chi connectivity index (χ4n) is 2.52. The highest BCUT2D eigenvalue weighted by molar-refractivity contribution is 8.02. The third-order valence-electron chi connectivity index (χ3n) is 4.09. The summed E-state index contributed by atoms with van der Waals surface area (Å²) < 4.78 is 0. The SMILES string of the molecule is C=N/C(=C\SCNc1ccc(C)cn1)c1sc(C)nc1C.CC=O.CCCC(C)C.CCCNC=O.CN. The maximum absolute atomic E-state index is 9.45. The van der Waals surface area contributed by atoms with Crippen LogP contribution in [0.1, 0.15) is 75.0 Å². The number of aromatic nitrogens is 2. The van der Waals surface area contributed by atoms with Gasteiger partial charge in [-0.3, -0.25) is 9.79 Å². The van der Waals surface area contributed by atoms with Gasteiger partial charge in [0.1, 0.15) is 12.1 Å². The predicted octanol–water partition coefficient (Wildman–Crippen LogP) is 6.63. The monoisotopic (exact) mass is 566 g/mol. The lowest BCUT2D eigenvalue weighted by Crippen LogP contribution is -2.10. The van der Waals surface area contributed by atoms with Crippen LogP contribution < -0.4 is 16.4 Å². The van der Waals surface area contributed by atoms with Gasteiger partial charge in [-0.15, -0.1) is 23.1 Å². The van der Waals surface area contributed by atoms with E-state index < -0.39 is 0 Å². The maximum atomic E-state index is 9.45. The molecule has 0 fully saturated rings. The Bertz CT molecular complexity index is 869. The number of thioether (sulfide) groups is 1. The fourth-order valence-corrected chi connectivity index (χ4v) is 4.16. The number of rotatable bonds is 11. The lowest BCUT2D eigenvalue weighted by molar-refractivity contribution is -0.109. The summed E-state index contributed by atoms with van der Waals surface area (Å²) in [5.41, 5.74) is 7.54. The quantitative estimate of drug-likeness (QED) is 0.121. The molecule has 2 rings (SSSR count). The second-order valence-corrected chi connectivity index (χ2v) is 10.1. The fraction of sp³-hybridized carbons (Fsp3) is 0.536. The summed E-state index contributed by atoms with van der Waals surface area (Å²) in [6.45, 7) is 20.6. The van der Waals surface area contributed by atoms with Gasteiger partial charge in [-0.1, -0.05) is 46.6 Å². The van der Waals surface area contributed by atoms with Crippen LogP contribution in [0.5, 0.6) is 0 Å². The Morgan fingerprint density at radius 1 is 1.18 bits per heavy atom. The molecular formula is C28H50N6O2S2. The number of nitrogens with zero attached hydrogens (tertiary/aromatic N) is 3. The number of carbonyl (C=O) groups is 2. The van der Waals surface area contributed by atoms with Crippen LogP contribution in [-0.2, 0) is 9.59 Å². The summed E-state index contributed by atoms with van der Waals surface area (Å²) in [5.74, 6) is 2.50. The molecule has 1 amide bonds. The van der Waals surface area contributed by atoms with Crippen molar-refractivity contribution in [1.82, 2.24) is 15.3 Å². The van der Waals surface area contributed by atoms with Crippen molar-refractivity contribution in [2.45, 2.75) is 74.7 Å². The van der Waals surface area contributed by atoms with Crippen LogP contribution in [0.25, 0.3) is 5.70 Å². The van der Waals surface area contributed by atoms with Gasteiger partial charge in [0.2, 0.25) is 6.41 Å². The van der Waals surface area contributed by atoms with Gasteiger partial charge in [0.05, 0.1) is 27.2 Å². The molecule has 216 valence electrons. The molecule has 2 heterocycles. The van der Waals surface area contributed by atoms with E-state index in [9.17, 15) is 4.79 Å². The number of nitrogens with one attached hydrogen (secondary N) is 2. The summed E-state index contributed by atoms with van der Waals surface area (Å²) in [6, 6.07) is 4.01. The summed E-state index contributed by atoms with van der Waals surface area (Å²) in [7, 11) is 1.50. The van der Waals surface area contributed by atoms with E-state index in [1.807, 2.05) is 51.4 Å². The Hall–Kier alpha value is -2.56. The van der Waals surface area contributed by atoms with E-state index in [-0.39, 0.29) is 0 Å². The van der Waals surface area contributed by atoms with E-state index in [4.69, 9.17) is 4.79 Å². The maximum Gasteiger partial charge on any atom is 0.207 e. The number of hydrogen-bond donors (Lipinski definition) is 3. The van der Waals surface area contributed by atoms with Crippen molar-refractivity contribution >= 4 is 54.0 Å². The summed E-state index contributed by atoms with van der Waals surface area (Å²) in [4.78, 5) is 32.2. The normalized spacial score (nSPS) is 9.61. The highest BCUT2D eigenvalue weighted by Gasteiger charge is 2.08. The molecule has 8 nitrogen and oxygen atoms in total. The predicted molar refractivity (Wildman–Crippen MR) is 170 cm³/mol. The van der Waals surface area contributed by atoms with Crippen LogP contribution in [0.3, 0.4) is 0 Å². The molecule has 0 aliphatic rings. The van der Waals surface area contributed by atoms with E-state index in [2.05, 4.69) is 58.8 Å². The molecule has 0 aliphatic heterocycles. The van der Waals surface area contributed by atoms with Gasteiger partial charge in [-0.25, -0.2) is 9.97 Å². The Labute approximate surface area is 239 Å². The summed E-state index contributed by atoms with van der Waals surface area (Å²) >= 11 is 3.27. The number of anilines is 1. The van der Waals surface area contributed by atoms with Gasteiger partial charge in [0.15, 0.2) is 0 Å². The van der Waals surface area contributed by atoms with Crippen LogP contribution in [-0.4, -0.2) is 48.9 Å². The molecule has 0 spiro atoms. The molecule has 0 atom stereocenters. The largest absolute Gasteiger partial charge is 0.361 e. The molecule has 0 saturated heterocycles. The first-order valence-electron chi connectivity index (χ1n) is 12.7. The van der Waals surface area contributed by atoms with Crippen molar-refractivity contribution in [3.8, 4) is 0 Å². The standard InChI is InChI=1S/C15H18N4S2.C6H14.C4H9NO.C2H4O.CH5N/c1-10-5-6-14(17-7-10)18-9-20-8-13(16-4)15-11(2)19-12(3)21-15;1-4-5-6(2)3;1-2-3-5-4-6;1-2-3;1-2/h5-8H,4,9H2,1-3H3,(H,17,18);6H,4-5H2,1-3H3;4H,2-3H2,1H3,(H,5,6);2H,1H3;2H2,1H3/b13-8-;;;;. The van der Waals surface area contributed by atoms with Crippen molar-refractivity contribution in [3.05, 3.63) is 44.9 Å². The molecule has 0 bridgehead atoms. The van der Waals surface area contributed by atoms with Crippen molar-refractivity contribution in [3.63, 3.8) is 0 Å². The molecule has 10 heteroatoms. The zero-order valence-corrected chi connectivity index (χ0v) is 26.5. The molecule has 0 unspecified atom stereocenters. The number of nitrogens with two attached hydrogens (primary N) is 1. The minimum absolute atomic E-state index is 0.712. The summed E-state index contributed by atoms with van der Waals surface area (Å²) in [5, 5.41) is 8.83. The smallest absolute Gasteiger partial charge is 0.207 e. The number of aryl methyl sites for hydroxylation is 3. The minimum atomic E-state index is 0.712. The molecule has 4 N–H and O–H groups in total. The third kappa shape index (κ3) is 23.8. The molecule has 0 saturated carbocycles.